The van der Waals surface area contributed by atoms with Crippen molar-refractivity contribution in [2.24, 2.45) is 5.92 Å². The van der Waals surface area contributed by atoms with Crippen LogP contribution in [0.5, 0.6) is 0 Å². The van der Waals surface area contributed by atoms with Gasteiger partial charge in [0.1, 0.15) is 0 Å². The first-order valence-electron chi connectivity index (χ1n) is 7.98. The monoisotopic (exact) mass is 303 g/mol. The van der Waals surface area contributed by atoms with Gasteiger partial charge in [-0.05, 0) is 44.6 Å². The maximum Gasteiger partial charge on any atom is 0.281 e. The van der Waals surface area contributed by atoms with Crippen LogP contribution in [0.2, 0.25) is 0 Å². The minimum Gasteiger partial charge on any atom is -0.314 e. The minimum atomic E-state index is -3.23. The quantitative estimate of drug-likeness (QED) is 0.738. The Morgan fingerprint density at radius 3 is 2.40 bits per heavy atom. The van der Waals surface area contributed by atoms with Crippen LogP contribution < -0.4 is 5.32 Å². The van der Waals surface area contributed by atoms with Gasteiger partial charge in [0.05, 0.1) is 0 Å². The molecule has 20 heavy (non-hydrogen) atoms. The summed E-state index contributed by atoms with van der Waals surface area (Å²) in [5, 5.41) is 3.55. The third-order valence-corrected chi connectivity index (χ3v) is 6.38. The molecule has 0 unspecified atom stereocenters. The molecular formula is C14H29N3O2S. The summed E-state index contributed by atoms with van der Waals surface area (Å²) in [4.78, 5) is 0. The van der Waals surface area contributed by atoms with Crippen molar-refractivity contribution in [1.29, 1.82) is 0 Å². The summed E-state index contributed by atoms with van der Waals surface area (Å²) < 4.78 is 28.0. The van der Waals surface area contributed by atoms with E-state index < -0.39 is 10.2 Å². The second-order valence-corrected chi connectivity index (χ2v) is 8.24. The zero-order valence-electron chi connectivity index (χ0n) is 12.8. The van der Waals surface area contributed by atoms with E-state index in [0.29, 0.717) is 25.6 Å². The molecule has 2 rings (SSSR count). The molecule has 0 aromatic rings. The van der Waals surface area contributed by atoms with Gasteiger partial charge in [-0.1, -0.05) is 13.3 Å². The second-order valence-electron chi connectivity index (χ2n) is 6.21. The molecular weight excluding hydrogens is 274 g/mol. The molecule has 118 valence electrons. The van der Waals surface area contributed by atoms with Crippen molar-refractivity contribution in [1.82, 2.24) is 13.9 Å². The van der Waals surface area contributed by atoms with Crippen LogP contribution in [-0.4, -0.2) is 56.3 Å². The van der Waals surface area contributed by atoms with Crippen molar-refractivity contribution in [3.8, 4) is 0 Å². The first-order chi connectivity index (χ1) is 9.54. The molecule has 0 amide bonds. The van der Waals surface area contributed by atoms with E-state index in [2.05, 4.69) is 12.2 Å². The summed E-state index contributed by atoms with van der Waals surface area (Å²) in [5.41, 5.74) is 0. The Hall–Kier alpha value is -0.170. The van der Waals surface area contributed by atoms with E-state index in [0.717, 1.165) is 38.3 Å². The lowest BCUT2D eigenvalue weighted by Gasteiger charge is -2.33. The highest BCUT2D eigenvalue weighted by Gasteiger charge is 2.31. The molecule has 2 fully saturated rings. The molecule has 1 heterocycles. The lowest BCUT2D eigenvalue weighted by Crippen LogP contribution is -2.47. The third kappa shape index (κ3) is 4.41. The fraction of sp³-hybridized carbons (Fsp3) is 1.00. The van der Waals surface area contributed by atoms with Crippen LogP contribution in [0.15, 0.2) is 0 Å². The molecule has 1 saturated carbocycles. The van der Waals surface area contributed by atoms with Crippen molar-refractivity contribution in [2.75, 3.05) is 33.2 Å². The Labute approximate surface area is 123 Å². The van der Waals surface area contributed by atoms with Crippen molar-refractivity contribution in [3.05, 3.63) is 0 Å². The zero-order chi connectivity index (χ0) is 14.6. The van der Waals surface area contributed by atoms with Crippen LogP contribution >= 0.6 is 0 Å². The van der Waals surface area contributed by atoms with Gasteiger partial charge in [0.25, 0.3) is 10.2 Å². The summed E-state index contributed by atoms with van der Waals surface area (Å²) in [5.74, 6) is 0.642. The standard InChI is InChI=1S/C14H29N3O2S/c1-3-4-9-16(2)20(18,19)17-10-7-13(8-11-17)12-15-14-5-6-14/h13-15H,3-12H2,1-2H3. The molecule has 1 N–H and O–H groups in total. The Balaban J connectivity index is 1.76. The van der Waals surface area contributed by atoms with Crippen LogP contribution in [0.1, 0.15) is 45.4 Å². The summed E-state index contributed by atoms with van der Waals surface area (Å²) in [7, 11) is -1.53. The van der Waals surface area contributed by atoms with Crippen LogP contribution in [0.4, 0.5) is 0 Å². The molecule has 0 aromatic carbocycles. The second kappa shape index (κ2) is 7.20. The molecule has 1 aliphatic heterocycles. The van der Waals surface area contributed by atoms with Gasteiger partial charge in [-0.2, -0.15) is 17.0 Å². The highest BCUT2D eigenvalue weighted by atomic mass is 32.2. The average Bonchev–Trinajstić information content (AvgIpc) is 3.27. The molecule has 0 atom stereocenters. The smallest absolute Gasteiger partial charge is 0.281 e. The maximum atomic E-state index is 12.4. The third-order valence-electron chi connectivity index (χ3n) is 4.39. The fourth-order valence-electron chi connectivity index (χ4n) is 2.66. The van der Waals surface area contributed by atoms with Crippen LogP contribution in [0.25, 0.3) is 0 Å². The highest BCUT2D eigenvalue weighted by Crippen LogP contribution is 2.23. The zero-order valence-corrected chi connectivity index (χ0v) is 13.7. The summed E-state index contributed by atoms with van der Waals surface area (Å²) >= 11 is 0. The number of nitrogens with zero attached hydrogens (tertiary/aromatic N) is 2. The number of unbranched alkanes of at least 4 members (excludes halogenated alkanes) is 1. The first-order valence-corrected chi connectivity index (χ1v) is 9.38. The molecule has 6 heteroatoms. The van der Waals surface area contributed by atoms with Gasteiger partial charge in [0.2, 0.25) is 0 Å². The normalized spacial score (nSPS) is 22.6. The first kappa shape index (κ1) is 16.2. The molecule has 5 nitrogen and oxygen atoms in total. The van der Waals surface area contributed by atoms with E-state index >= 15 is 0 Å². The predicted octanol–water partition coefficient (Wildman–Crippen LogP) is 1.43. The molecule has 2 aliphatic rings. The van der Waals surface area contributed by atoms with E-state index in [9.17, 15) is 8.42 Å². The highest BCUT2D eigenvalue weighted by molar-refractivity contribution is 7.86. The minimum absolute atomic E-state index is 0.627. The van der Waals surface area contributed by atoms with E-state index in [1.54, 1.807) is 11.4 Å². The Bertz CT molecular complexity index is 387. The molecule has 0 bridgehead atoms. The van der Waals surface area contributed by atoms with Crippen molar-refractivity contribution >= 4 is 10.2 Å². The summed E-state index contributed by atoms with van der Waals surface area (Å²) in [6, 6.07) is 0.747. The maximum absolute atomic E-state index is 12.4. The summed E-state index contributed by atoms with van der Waals surface area (Å²) in [6.07, 6.45) is 6.55. The van der Waals surface area contributed by atoms with Crippen LogP contribution in [0, 0.1) is 5.92 Å². The Morgan fingerprint density at radius 1 is 1.20 bits per heavy atom. The predicted molar refractivity (Wildman–Crippen MR) is 81.8 cm³/mol. The molecule has 0 aromatic heterocycles. The van der Waals surface area contributed by atoms with Crippen molar-refractivity contribution < 1.29 is 8.42 Å². The van der Waals surface area contributed by atoms with Gasteiger partial charge < -0.3 is 5.32 Å². The Morgan fingerprint density at radius 2 is 1.85 bits per heavy atom. The number of hydrogen-bond donors (Lipinski definition) is 1. The summed E-state index contributed by atoms with van der Waals surface area (Å²) in [6.45, 7) is 5.12. The van der Waals surface area contributed by atoms with E-state index in [-0.39, 0.29) is 0 Å². The average molecular weight is 303 g/mol. The number of piperidine rings is 1. The largest absolute Gasteiger partial charge is 0.314 e. The number of nitrogens with one attached hydrogen (secondary N) is 1. The van der Waals surface area contributed by atoms with Gasteiger partial charge in [-0.3, -0.25) is 0 Å². The van der Waals surface area contributed by atoms with Crippen LogP contribution in [0.3, 0.4) is 0 Å². The molecule has 1 aliphatic carbocycles. The topological polar surface area (TPSA) is 52.7 Å². The Kier molecular flexibility index (Phi) is 5.84. The van der Waals surface area contributed by atoms with E-state index in [1.165, 1.54) is 17.1 Å². The van der Waals surface area contributed by atoms with Gasteiger partial charge >= 0.3 is 0 Å². The van der Waals surface area contributed by atoms with Crippen LogP contribution in [-0.2, 0) is 10.2 Å². The SMILES string of the molecule is CCCCN(C)S(=O)(=O)N1CCC(CNC2CC2)CC1. The number of hydrogen-bond acceptors (Lipinski definition) is 3. The lowest BCUT2D eigenvalue weighted by atomic mass is 9.98. The van der Waals surface area contributed by atoms with E-state index in [1.807, 2.05) is 0 Å². The molecule has 0 spiro atoms. The molecule has 1 saturated heterocycles. The van der Waals surface area contributed by atoms with Crippen molar-refractivity contribution in [2.45, 2.75) is 51.5 Å². The van der Waals surface area contributed by atoms with Gasteiger partial charge in [-0.25, -0.2) is 0 Å². The molecule has 0 radical (unpaired) electrons. The van der Waals surface area contributed by atoms with Crippen molar-refractivity contribution in [3.63, 3.8) is 0 Å². The fourth-order valence-corrected chi connectivity index (χ4v) is 4.08. The van der Waals surface area contributed by atoms with Gasteiger partial charge in [-0.15, -0.1) is 0 Å². The lowest BCUT2D eigenvalue weighted by molar-refractivity contribution is 0.253. The van der Waals surface area contributed by atoms with E-state index in [4.69, 9.17) is 0 Å². The van der Waals surface area contributed by atoms with Gasteiger partial charge in [0, 0.05) is 32.7 Å². The number of rotatable bonds is 8. The van der Waals surface area contributed by atoms with Gasteiger partial charge in [0.15, 0.2) is 0 Å².